The third kappa shape index (κ3) is 3.31. The lowest BCUT2D eigenvalue weighted by atomic mass is 10.2. The Hall–Kier alpha value is -2.14. The molecule has 0 atom stereocenters. The molecule has 2 amide bonds. The predicted molar refractivity (Wildman–Crippen MR) is 84.7 cm³/mol. The Kier molecular flexibility index (Phi) is 4.01. The normalized spacial score (nSPS) is 14.5. The van der Waals surface area contributed by atoms with E-state index in [1.165, 1.54) is 0 Å². The highest BCUT2D eigenvalue weighted by Gasteiger charge is 2.21. The van der Waals surface area contributed by atoms with E-state index in [0.29, 0.717) is 12.8 Å². The van der Waals surface area contributed by atoms with Crippen LogP contribution in [0.1, 0.15) is 18.4 Å². The van der Waals surface area contributed by atoms with Gasteiger partial charge in [-0.25, -0.2) is 0 Å². The predicted octanol–water partition coefficient (Wildman–Crippen LogP) is 3.06. The second-order valence-electron chi connectivity index (χ2n) is 5.06. The molecular weight excluding hydrogens is 284 g/mol. The Morgan fingerprint density at radius 2 is 2.24 bits per heavy atom. The summed E-state index contributed by atoms with van der Waals surface area (Å²) in [4.78, 5) is 25.5. The van der Waals surface area contributed by atoms with Crippen LogP contribution in [-0.2, 0) is 16.0 Å². The number of nitrogens with one attached hydrogen (secondary N) is 1. The SMILES string of the molecule is O=C(Cc1ccsc1)Nc1cccc(N2CCCC2=O)c1. The van der Waals surface area contributed by atoms with E-state index in [1.807, 2.05) is 41.1 Å². The van der Waals surface area contributed by atoms with Crippen molar-refractivity contribution in [1.82, 2.24) is 0 Å². The highest BCUT2D eigenvalue weighted by atomic mass is 32.1. The quantitative estimate of drug-likeness (QED) is 0.943. The molecule has 1 aliphatic rings. The second-order valence-corrected chi connectivity index (χ2v) is 5.84. The lowest BCUT2D eigenvalue weighted by Crippen LogP contribution is -2.23. The first kappa shape index (κ1) is 13.8. The van der Waals surface area contributed by atoms with Gasteiger partial charge in [-0.15, -0.1) is 0 Å². The summed E-state index contributed by atoms with van der Waals surface area (Å²) >= 11 is 1.58. The van der Waals surface area contributed by atoms with Crippen molar-refractivity contribution in [2.75, 3.05) is 16.8 Å². The number of nitrogens with zero attached hydrogens (tertiary/aromatic N) is 1. The van der Waals surface area contributed by atoms with Gasteiger partial charge in [-0.3, -0.25) is 9.59 Å². The van der Waals surface area contributed by atoms with Crippen molar-refractivity contribution < 1.29 is 9.59 Å². The van der Waals surface area contributed by atoms with Gasteiger partial charge < -0.3 is 10.2 Å². The van der Waals surface area contributed by atoms with Crippen molar-refractivity contribution in [1.29, 1.82) is 0 Å². The van der Waals surface area contributed by atoms with E-state index in [4.69, 9.17) is 0 Å². The van der Waals surface area contributed by atoms with Crippen molar-refractivity contribution in [2.45, 2.75) is 19.3 Å². The molecule has 1 N–H and O–H groups in total. The minimum atomic E-state index is -0.0432. The van der Waals surface area contributed by atoms with E-state index in [9.17, 15) is 9.59 Å². The van der Waals surface area contributed by atoms with Crippen LogP contribution in [0, 0.1) is 0 Å². The average molecular weight is 300 g/mol. The third-order valence-electron chi connectivity index (χ3n) is 3.46. The molecule has 0 radical (unpaired) electrons. The number of thiophene rings is 1. The molecule has 1 saturated heterocycles. The molecule has 4 nitrogen and oxygen atoms in total. The van der Waals surface area contributed by atoms with Crippen LogP contribution in [0.4, 0.5) is 11.4 Å². The van der Waals surface area contributed by atoms with E-state index in [2.05, 4.69) is 5.32 Å². The number of hydrogen-bond donors (Lipinski definition) is 1. The van der Waals surface area contributed by atoms with Crippen LogP contribution in [0.15, 0.2) is 41.1 Å². The highest BCUT2D eigenvalue weighted by molar-refractivity contribution is 7.08. The first-order chi connectivity index (χ1) is 10.2. The number of benzene rings is 1. The Morgan fingerprint density at radius 1 is 1.33 bits per heavy atom. The molecule has 1 aromatic heterocycles. The lowest BCUT2D eigenvalue weighted by Gasteiger charge is -2.16. The van der Waals surface area contributed by atoms with Crippen molar-refractivity contribution >= 4 is 34.5 Å². The maximum atomic E-state index is 12.0. The number of anilines is 2. The Labute approximate surface area is 127 Å². The number of rotatable bonds is 4. The summed E-state index contributed by atoms with van der Waals surface area (Å²) in [5.41, 5.74) is 2.60. The van der Waals surface area contributed by atoms with Crippen LogP contribution in [-0.4, -0.2) is 18.4 Å². The van der Waals surface area contributed by atoms with E-state index < -0.39 is 0 Å². The molecule has 0 bridgehead atoms. The van der Waals surface area contributed by atoms with Crippen molar-refractivity contribution in [3.8, 4) is 0 Å². The van der Waals surface area contributed by atoms with Gasteiger partial charge in [0.1, 0.15) is 0 Å². The largest absolute Gasteiger partial charge is 0.326 e. The van der Waals surface area contributed by atoms with Gasteiger partial charge in [0.25, 0.3) is 0 Å². The van der Waals surface area contributed by atoms with Crippen LogP contribution < -0.4 is 10.2 Å². The molecule has 2 heterocycles. The molecule has 2 aromatic rings. The van der Waals surface area contributed by atoms with Gasteiger partial charge in [0.2, 0.25) is 11.8 Å². The molecule has 1 aliphatic heterocycles. The van der Waals surface area contributed by atoms with Crippen LogP contribution >= 0.6 is 11.3 Å². The van der Waals surface area contributed by atoms with Gasteiger partial charge in [0.05, 0.1) is 6.42 Å². The summed E-state index contributed by atoms with van der Waals surface area (Å²) < 4.78 is 0. The van der Waals surface area contributed by atoms with E-state index in [-0.39, 0.29) is 11.8 Å². The summed E-state index contributed by atoms with van der Waals surface area (Å²) in [6.07, 6.45) is 1.87. The summed E-state index contributed by atoms with van der Waals surface area (Å²) in [5, 5.41) is 6.82. The third-order valence-corrected chi connectivity index (χ3v) is 4.19. The summed E-state index contributed by atoms with van der Waals surface area (Å²) in [7, 11) is 0. The van der Waals surface area contributed by atoms with Gasteiger partial charge in [-0.2, -0.15) is 11.3 Å². The van der Waals surface area contributed by atoms with E-state index in [1.54, 1.807) is 16.2 Å². The number of carbonyl (C=O) groups is 2. The maximum absolute atomic E-state index is 12.0. The van der Waals surface area contributed by atoms with Crippen molar-refractivity contribution in [3.05, 3.63) is 46.7 Å². The summed E-state index contributed by atoms with van der Waals surface area (Å²) in [6.45, 7) is 0.755. The number of carbonyl (C=O) groups excluding carboxylic acids is 2. The zero-order valence-corrected chi connectivity index (χ0v) is 12.4. The lowest BCUT2D eigenvalue weighted by molar-refractivity contribution is -0.117. The van der Waals surface area contributed by atoms with Gasteiger partial charge in [-0.05, 0) is 47.0 Å². The summed E-state index contributed by atoms with van der Waals surface area (Å²) in [5.74, 6) is 0.107. The fourth-order valence-electron chi connectivity index (χ4n) is 2.46. The zero-order valence-electron chi connectivity index (χ0n) is 11.5. The van der Waals surface area contributed by atoms with Gasteiger partial charge >= 0.3 is 0 Å². The molecule has 0 aliphatic carbocycles. The van der Waals surface area contributed by atoms with Gasteiger partial charge in [-0.1, -0.05) is 6.07 Å². The van der Waals surface area contributed by atoms with E-state index in [0.717, 1.165) is 29.9 Å². The van der Waals surface area contributed by atoms with Crippen LogP contribution in [0.5, 0.6) is 0 Å². The topological polar surface area (TPSA) is 49.4 Å². The molecule has 0 saturated carbocycles. The Bertz CT molecular complexity index is 652. The van der Waals surface area contributed by atoms with Gasteiger partial charge in [0, 0.05) is 24.3 Å². The van der Waals surface area contributed by atoms with Crippen LogP contribution in [0.25, 0.3) is 0 Å². The number of hydrogen-bond acceptors (Lipinski definition) is 3. The van der Waals surface area contributed by atoms with Crippen molar-refractivity contribution in [2.24, 2.45) is 0 Å². The molecule has 108 valence electrons. The van der Waals surface area contributed by atoms with Crippen LogP contribution in [0.3, 0.4) is 0 Å². The molecule has 1 fully saturated rings. The first-order valence-electron chi connectivity index (χ1n) is 6.94. The van der Waals surface area contributed by atoms with Gasteiger partial charge in [0.15, 0.2) is 0 Å². The Balaban J connectivity index is 1.68. The molecule has 0 spiro atoms. The average Bonchev–Trinajstić information content (AvgIpc) is 3.10. The fourth-order valence-corrected chi connectivity index (χ4v) is 3.13. The van der Waals surface area contributed by atoms with Crippen molar-refractivity contribution in [3.63, 3.8) is 0 Å². The molecule has 3 rings (SSSR count). The Morgan fingerprint density at radius 3 is 2.95 bits per heavy atom. The fraction of sp³-hybridized carbons (Fsp3) is 0.250. The minimum Gasteiger partial charge on any atom is -0.326 e. The molecule has 1 aromatic carbocycles. The van der Waals surface area contributed by atoms with E-state index >= 15 is 0 Å². The molecule has 5 heteroatoms. The first-order valence-corrected chi connectivity index (χ1v) is 7.88. The smallest absolute Gasteiger partial charge is 0.228 e. The monoisotopic (exact) mass is 300 g/mol. The highest BCUT2D eigenvalue weighted by Crippen LogP contribution is 2.24. The second kappa shape index (κ2) is 6.10. The molecular formula is C16H16N2O2S. The zero-order chi connectivity index (χ0) is 14.7. The summed E-state index contributed by atoms with van der Waals surface area (Å²) in [6, 6.07) is 9.41. The standard InChI is InChI=1S/C16H16N2O2S/c19-15(9-12-6-8-21-11-12)17-13-3-1-4-14(10-13)18-7-2-5-16(18)20/h1,3-4,6,8,10-11H,2,5,7,9H2,(H,17,19). The number of amides is 2. The van der Waals surface area contributed by atoms with Crippen LogP contribution in [0.2, 0.25) is 0 Å². The maximum Gasteiger partial charge on any atom is 0.228 e. The molecule has 0 unspecified atom stereocenters. The minimum absolute atomic E-state index is 0.0432. The molecule has 21 heavy (non-hydrogen) atoms.